The van der Waals surface area contributed by atoms with E-state index in [-0.39, 0.29) is 6.47 Å². The van der Waals surface area contributed by atoms with Gasteiger partial charge in [0, 0.05) is 17.3 Å². The molecule has 2 aromatic rings. The van der Waals surface area contributed by atoms with Crippen LogP contribution in [0.15, 0.2) is 42.7 Å². The predicted molar refractivity (Wildman–Crippen MR) is 85.3 cm³/mol. The van der Waals surface area contributed by atoms with Crippen LogP contribution in [0.2, 0.25) is 0 Å². The second kappa shape index (κ2) is 9.39. The summed E-state index contributed by atoms with van der Waals surface area (Å²) in [5, 5.41) is 6.89. The summed E-state index contributed by atoms with van der Waals surface area (Å²) in [5.41, 5.74) is 2.03. The van der Waals surface area contributed by atoms with Gasteiger partial charge in [-0.3, -0.25) is 9.78 Å². The van der Waals surface area contributed by atoms with Crippen LogP contribution >= 0.6 is 0 Å². The third-order valence-electron chi connectivity index (χ3n) is 2.75. The average Bonchev–Trinajstić information content (AvgIpc) is 2.54. The van der Waals surface area contributed by atoms with Crippen molar-refractivity contribution in [3.63, 3.8) is 0 Å². The Morgan fingerprint density at radius 1 is 1.18 bits per heavy atom. The summed E-state index contributed by atoms with van der Waals surface area (Å²) >= 11 is 0. The minimum absolute atomic E-state index is 0.250. The summed E-state index contributed by atoms with van der Waals surface area (Å²) in [6.45, 7) is 4.72. The third-order valence-corrected chi connectivity index (χ3v) is 2.75. The Morgan fingerprint density at radius 2 is 1.82 bits per heavy atom. The van der Waals surface area contributed by atoms with Crippen LogP contribution in [0, 0.1) is 5.92 Å². The van der Waals surface area contributed by atoms with E-state index < -0.39 is 0 Å². The molecule has 22 heavy (non-hydrogen) atoms. The van der Waals surface area contributed by atoms with Crippen LogP contribution in [0.4, 0.5) is 0 Å². The Morgan fingerprint density at radius 3 is 2.45 bits per heavy atom. The first-order valence-corrected chi connectivity index (χ1v) is 6.92. The molecule has 5 heteroatoms. The number of benzene rings is 1. The zero-order chi connectivity index (χ0) is 16.4. The highest BCUT2D eigenvalue weighted by molar-refractivity contribution is 5.75. The number of nitrogens with zero attached hydrogens (tertiary/aromatic N) is 1. The van der Waals surface area contributed by atoms with Crippen molar-refractivity contribution in [2.75, 3.05) is 13.7 Å². The van der Waals surface area contributed by atoms with Crippen molar-refractivity contribution >= 4 is 6.47 Å². The minimum atomic E-state index is -0.250. The molecule has 1 aromatic carbocycles. The molecule has 0 aliphatic carbocycles. The van der Waals surface area contributed by atoms with Crippen LogP contribution in [0.5, 0.6) is 11.5 Å². The number of ether oxygens (including phenoxy) is 2. The highest BCUT2D eigenvalue weighted by Crippen LogP contribution is 2.35. The van der Waals surface area contributed by atoms with Crippen molar-refractivity contribution in [1.29, 1.82) is 0 Å². The van der Waals surface area contributed by atoms with Crippen LogP contribution in [0.25, 0.3) is 11.1 Å². The van der Waals surface area contributed by atoms with Crippen molar-refractivity contribution in [3.05, 3.63) is 42.7 Å². The lowest BCUT2D eigenvalue weighted by Crippen LogP contribution is -2.05. The van der Waals surface area contributed by atoms with Gasteiger partial charge in [-0.25, -0.2) is 0 Å². The van der Waals surface area contributed by atoms with Gasteiger partial charge in [0.1, 0.15) is 11.5 Å². The van der Waals surface area contributed by atoms with Crippen LogP contribution in [-0.2, 0) is 4.79 Å². The lowest BCUT2D eigenvalue weighted by Gasteiger charge is -2.14. The second-order valence-corrected chi connectivity index (χ2v) is 4.88. The van der Waals surface area contributed by atoms with E-state index in [1.54, 1.807) is 19.5 Å². The van der Waals surface area contributed by atoms with E-state index in [0.717, 1.165) is 22.6 Å². The van der Waals surface area contributed by atoms with Crippen LogP contribution < -0.4 is 9.47 Å². The monoisotopic (exact) mass is 303 g/mol. The molecule has 0 unspecified atom stereocenters. The van der Waals surface area contributed by atoms with Gasteiger partial charge in [0.2, 0.25) is 0 Å². The Balaban J connectivity index is 0.000000745. The number of methoxy groups -OCH3 is 1. The smallest absolute Gasteiger partial charge is 0.290 e. The van der Waals surface area contributed by atoms with Gasteiger partial charge in [-0.15, -0.1) is 0 Å². The van der Waals surface area contributed by atoms with Crippen molar-refractivity contribution in [1.82, 2.24) is 4.98 Å². The first-order valence-electron chi connectivity index (χ1n) is 6.92. The molecule has 0 aliphatic rings. The minimum Gasteiger partial charge on any atom is -0.494 e. The van der Waals surface area contributed by atoms with Crippen LogP contribution in [0.1, 0.15) is 13.8 Å². The van der Waals surface area contributed by atoms with Gasteiger partial charge in [-0.2, -0.15) is 0 Å². The van der Waals surface area contributed by atoms with Crippen molar-refractivity contribution in [3.8, 4) is 22.6 Å². The fourth-order valence-corrected chi connectivity index (χ4v) is 1.84. The standard InChI is InChI=1S/C16H19NO2.CH2O2/c1-12(2)11-19-15-7-5-4-6-13(15)14-8-9-17-10-16(14)18-3;2-1-3/h4-10,12H,11H2,1-3H3;1H,(H,2,3). The molecular weight excluding hydrogens is 282 g/mol. The van der Waals surface area contributed by atoms with E-state index in [1.165, 1.54) is 0 Å². The maximum atomic E-state index is 8.36. The molecule has 118 valence electrons. The Kier molecular flexibility index (Phi) is 7.47. The first kappa shape index (κ1) is 17.5. The molecule has 0 saturated carbocycles. The van der Waals surface area contributed by atoms with E-state index in [2.05, 4.69) is 18.8 Å². The van der Waals surface area contributed by atoms with Crippen LogP contribution in [-0.4, -0.2) is 30.3 Å². The number of para-hydroxylation sites is 1. The second-order valence-electron chi connectivity index (χ2n) is 4.88. The van der Waals surface area contributed by atoms with Crippen molar-refractivity contribution in [2.45, 2.75) is 13.8 Å². The Hall–Kier alpha value is -2.56. The normalized spacial score (nSPS) is 9.64. The summed E-state index contributed by atoms with van der Waals surface area (Å²) in [5.74, 6) is 2.12. The lowest BCUT2D eigenvalue weighted by atomic mass is 10.1. The summed E-state index contributed by atoms with van der Waals surface area (Å²) in [6, 6.07) is 9.94. The molecule has 1 heterocycles. The maximum Gasteiger partial charge on any atom is 0.290 e. The third kappa shape index (κ3) is 5.09. The molecule has 2 rings (SSSR count). The quantitative estimate of drug-likeness (QED) is 0.856. The number of hydrogen-bond donors (Lipinski definition) is 1. The van der Waals surface area contributed by atoms with E-state index in [9.17, 15) is 0 Å². The zero-order valence-electron chi connectivity index (χ0n) is 13.0. The summed E-state index contributed by atoms with van der Waals surface area (Å²) in [6.07, 6.45) is 3.48. The molecule has 0 bridgehead atoms. The highest BCUT2D eigenvalue weighted by Gasteiger charge is 2.11. The highest BCUT2D eigenvalue weighted by atomic mass is 16.5. The van der Waals surface area contributed by atoms with Gasteiger partial charge in [0.05, 0.1) is 19.9 Å². The molecule has 1 aromatic heterocycles. The molecule has 0 atom stereocenters. The molecule has 0 fully saturated rings. The summed E-state index contributed by atoms with van der Waals surface area (Å²) in [4.78, 5) is 12.4. The van der Waals surface area contributed by atoms with E-state index in [4.69, 9.17) is 19.4 Å². The SMILES string of the molecule is COc1cnccc1-c1ccccc1OCC(C)C.O=CO. The van der Waals surface area contributed by atoms with E-state index >= 15 is 0 Å². The Bertz CT molecular complexity index is 584. The average molecular weight is 303 g/mol. The number of rotatable bonds is 5. The molecule has 5 nitrogen and oxygen atoms in total. The van der Waals surface area contributed by atoms with Crippen molar-refractivity contribution in [2.24, 2.45) is 5.92 Å². The van der Waals surface area contributed by atoms with Gasteiger partial charge in [0.25, 0.3) is 6.47 Å². The molecule has 0 saturated heterocycles. The number of hydrogen-bond acceptors (Lipinski definition) is 4. The van der Waals surface area contributed by atoms with Crippen molar-refractivity contribution < 1.29 is 19.4 Å². The molecule has 0 radical (unpaired) electrons. The van der Waals surface area contributed by atoms with Gasteiger partial charge >= 0.3 is 0 Å². The number of carbonyl (C=O) groups is 1. The Labute approximate surface area is 130 Å². The zero-order valence-corrected chi connectivity index (χ0v) is 13.0. The van der Waals surface area contributed by atoms with Gasteiger partial charge in [0.15, 0.2) is 0 Å². The number of aromatic nitrogens is 1. The van der Waals surface area contributed by atoms with E-state index in [0.29, 0.717) is 12.5 Å². The van der Waals surface area contributed by atoms with Gasteiger partial charge in [-0.1, -0.05) is 32.0 Å². The molecule has 0 aliphatic heterocycles. The molecule has 0 amide bonds. The first-order chi connectivity index (χ1) is 10.6. The fraction of sp³-hybridized carbons (Fsp3) is 0.294. The molecular formula is C17H21NO4. The largest absolute Gasteiger partial charge is 0.494 e. The van der Waals surface area contributed by atoms with Crippen LogP contribution in [0.3, 0.4) is 0 Å². The fourth-order valence-electron chi connectivity index (χ4n) is 1.84. The van der Waals surface area contributed by atoms with Gasteiger partial charge in [-0.05, 0) is 18.1 Å². The molecule has 1 N–H and O–H groups in total. The predicted octanol–water partition coefficient (Wildman–Crippen LogP) is 3.49. The number of pyridine rings is 1. The summed E-state index contributed by atoms with van der Waals surface area (Å²) < 4.78 is 11.2. The summed E-state index contributed by atoms with van der Waals surface area (Å²) in [7, 11) is 1.65. The van der Waals surface area contributed by atoms with Gasteiger partial charge < -0.3 is 14.6 Å². The number of carboxylic acid groups (broad SMARTS) is 1. The topological polar surface area (TPSA) is 68.7 Å². The van der Waals surface area contributed by atoms with E-state index in [1.807, 2.05) is 30.3 Å². The lowest BCUT2D eigenvalue weighted by molar-refractivity contribution is -0.122. The maximum absolute atomic E-state index is 8.36. The molecule has 0 spiro atoms.